The van der Waals surface area contributed by atoms with Crippen LogP contribution in [0.15, 0.2) is 22.7 Å². The van der Waals surface area contributed by atoms with Crippen LogP contribution in [0.4, 0.5) is 5.69 Å². The lowest BCUT2D eigenvalue weighted by Gasteiger charge is -2.29. The standard InChI is InChI=1S/C13H14BrNO3/c1-9(16)3-2-6-15-11-7-10(14)4-5-12(11)18-8-13(15)17/h4-5,7H,2-3,6,8H2,1H3. The summed E-state index contributed by atoms with van der Waals surface area (Å²) in [6, 6.07) is 5.58. The van der Waals surface area contributed by atoms with Crippen LogP contribution in [0, 0.1) is 0 Å². The van der Waals surface area contributed by atoms with E-state index in [1.807, 2.05) is 18.2 Å². The molecule has 0 radical (unpaired) electrons. The van der Waals surface area contributed by atoms with E-state index in [0.717, 1.165) is 10.2 Å². The molecule has 0 aromatic heterocycles. The van der Waals surface area contributed by atoms with Gasteiger partial charge in [-0.3, -0.25) is 4.79 Å². The van der Waals surface area contributed by atoms with Gasteiger partial charge in [0.1, 0.15) is 11.5 Å². The van der Waals surface area contributed by atoms with Gasteiger partial charge in [-0.25, -0.2) is 0 Å². The summed E-state index contributed by atoms with van der Waals surface area (Å²) in [5, 5.41) is 0. The molecular weight excluding hydrogens is 298 g/mol. The number of ether oxygens (including phenoxy) is 1. The zero-order valence-corrected chi connectivity index (χ0v) is 11.7. The average molecular weight is 312 g/mol. The highest BCUT2D eigenvalue weighted by Gasteiger charge is 2.25. The molecule has 5 heteroatoms. The molecule has 1 amide bonds. The van der Waals surface area contributed by atoms with Crippen LogP contribution < -0.4 is 9.64 Å². The van der Waals surface area contributed by atoms with Crippen molar-refractivity contribution in [2.45, 2.75) is 19.8 Å². The maximum atomic E-state index is 11.8. The van der Waals surface area contributed by atoms with Gasteiger partial charge in [-0.15, -0.1) is 0 Å². The number of nitrogens with zero attached hydrogens (tertiary/aromatic N) is 1. The molecule has 0 aliphatic carbocycles. The number of anilines is 1. The predicted molar refractivity (Wildman–Crippen MR) is 71.9 cm³/mol. The van der Waals surface area contributed by atoms with Crippen molar-refractivity contribution in [3.63, 3.8) is 0 Å². The first kappa shape index (κ1) is 13.1. The summed E-state index contributed by atoms with van der Waals surface area (Å²) in [5.41, 5.74) is 0.768. The van der Waals surface area contributed by atoms with E-state index in [4.69, 9.17) is 4.74 Å². The fourth-order valence-electron chi connectivity index (χ4n) is 1.91. The minimum Gasteiger partial charge on any atom is -0.482 e. The fourth-order valence-corrected chi connectivity index (χ4v) is 2.26. The van der Waals surface area contributed by atoms with Crippen molar-refractivity contribution in [1.29, 1.82) is 0 Å². The van der Waals surface area contributed by atoms with Crippen molar-refractivity contribution in [2.75, 3.05) is 18.1 Å². The molecule has 0 N–H and O–H groups in total. The summed E-state index contributed by atoms with van der Waals surface area (Å²) in [4.78, 5) is 24.5. The van der Waals surface area contributed by atoms with E-state index in [2.05, 4.69) is 15.9 Å². The van der Waals surface area contributed by atoms with Crippen LogP contribution in [0.5, 0.6) is 5.75 Å². The molecule has 0 atom stereocenters. The van der Waals surface area contributed by atoms with Crippen LogP contribution in [0.2, 0.25) is 0 Å². The zero-order valence-electron chi connectivity index (χ0n) is 10.1. The molecular formula is C13H14BrNO3. The summed E-state index contributed by atoms with van der Waals surface area (Å²) >= 11 is 3.38. The third kappa shape index (κ3) is 2.90. The Kier molecular flexibility index (Phi) is 4.01. The molecule has 1 aromatic carbocycles. The number of ketones is 1. The Bertz CT molecular complexity index is 487. The van der Waals surface area contributed by atoms with Gasteiger partial charge in [-0.05, 0) is 31.5 Å². The third-order valence-electron chi connectivity index (χ3n) is 2.77. The number of Topliss-reactive ketones (excluding diaryl/α,β-unsaturated/α-hetero) is 1. The van der Waals surface area contributed by atoms with E-state index in [1.165, 1.54) is 0 Å². The molecule has 1 aromatic rings. The van der Waals surface area contributed by atoms with Gasteiger partial charge in [0.15, 0.2) is 6.61 Å². The molecule has 0 bridgehead atoms. The number of hydrogen-bond donors (Lipinski definition) is 0. The molecule has 0 saturated heterocycles. The lowest BCUT2D eigenvalue weighted by atomic mass is 10.2. The number of carbonyl (C=O) groups is 2. The van der Waals surface area contributed by atoms with Crippen LogP contribution in [0.1, 0.15) is 19.8 Å². The number of halogens is 1. The second-order valence-corrected chi connectivity index (χ2v) is 5.17. The number of benzene rings is 1. The fraction of sp³-hybridized carbons (Fsp3) is 0.385. The summed E-state index contributed by atoms with van der Waals surface area (Å²) in [5.74, 6) is 0.787. The Morgan fingerprint density at radius 3 is 3.00 bits per heavy atom. The maximum absolute atomic E-state index is 11.8. The zero-order chi connectivity index (χ0) is 13.1. The maximum Gasteiger partial charge on any atom is 0.265 e. The molecule has 1 heterocycles. The highest BCUT2D eigenvalue weighted by molar-refractivity contribution is 9.10. The van der Waals surface area contributed by atoms with E-state index >= 15 is 0 Å². The third-order valence-corrected chi connectivity index (χ3v) is 3.27. The van der Waals surface area contributed by atoms with Crippen LogP contribution in [0.25, 0.3) is 0 Å². The summed E-state index contributed by atoms with van der Waals surface area (Å²) in [6.07, 6.45) is 1.17. The highest BCUT2D eigenvalue weighted by atomic mass is 79.9. The van der Waals surface area contributed by atoms with Gasteiger partial charge >= 0.3 is 0 Å². The van der Waals surface area contributed by atoms with E-state index in [0.29, 0.717) is 25.1 Å². The molecule has 1 aliphatic rings. The molecule has 96 valence electrons. The Morgan fingerprint density at radius 1 is 1.50 bits per heavy atom. The summed E-state index contributed by atoms with van der Waals surface area (Å²) in [7, 11) is 0. The van der Waals surface area contributed by atoms with E-state index in [9.17, 15) is 9.59 Å². The second-order valence-electron chi connectivity index (χ2n) is 4.25. The lowest BCUT2D eigenvalue weighted by Crippen LogP contribution is -2.39. The second kappa shape index (κ2) is 5.52. The number of amides is 1. The first-order valence-electron chi connectivity index (χ1n) is 5.80. The number of hydrogen-bond acceptors (Lipinski definition) is 3. The molecule has 0 spiro atoms. The quantitative estimate of drug-likeness (QED) is 0.858. The molecule has 1 aliphatic heterocycles. The Morgan fingerprint density at radius 2 is 2.28 bits per heavy atom. The number of carbonyl (C=O) groups excluding carboxylic acids is 2. The van der Waals surface area contributed by atoms with Gasteiger partial charge in [0.25, 0.3) is 5.91 Å². The van der Waals surface area contributed by atoms with Gasteiger partial charge in [-0.2, -0.15) is 0 Å². The van der Waals surface area contributed by atoms with E-state index in [1.54, 1.807) is 11.8 Å². The van der Waals surface area contributed by atoms with Crippen molar-refractivity contribution in [2.24, 2.45) is 0 Å². The molecule has 0 unspecified atom stereocenters. The summed E-state index contributed by atoms with van der Waals surface area (Å²) in [6.45, 7) is 2.17. The van der Waals surface area contributed by atoms with Crippen molar-refractivity contribution >= 4 is 33.3 Å². The SMILES string of the molecule is CC(=O)CCCN1C(=O)COc2ccc(Br)cc21. The van der Waals surface area contributed by atoms with Gasteiger partial charge < -0.3 is 14.4 Å². The lowest BCUT2D eigenvalue weighted by molar-refractivity contribution is -0.121. The molecule has 18 heavy (non-hydrogen) atoms. The van der Waals surface area contributed by atoms with E-state index in [-0.39, 0.29) is 18.3 Å². The van der Waals surface area contributed by atoms with Crippen LogP contribution >= 0.6 is 15.9 Å². The largest absolute Gasteiger partial charge is 0.482 e. The van der Waals surface area contributed by atoms with Crippen LogP contribution in [-0.4, -0.2) is 24.8 Å². The Hall–Kier alpha value is -1.36. The molecule has 4 nitrogen and oxygen atoms in total. The minimum absolute atomic E-state index is 0.0642. The number of rotatable bonds is 4. The normalized spacial score (nSPS) is 14.1. The van der Waals surface area contributed by atoms with Crippen molar-refractivity contribution in [3.05, 3.63) is 22.7 Å². The topological polar surface area (TPSA) is 46.6 Å². The monoisotopic (exact) mass is 311 g/mol. The van der Waals surface area contributed by atoms with Crippen molar-refractivity contribution in [1.82, 2.24) is 0 Å². The van der Waals surface area contributed by atoms with Gasteiger partial charge in [0, 0.05) is 17.4 Å². The van der Waals surface area contributed by atoms with Crippen molar-refractivity contribution < 1.29 is 14.3 Å². The smallest absolute Gasteiger partial charge is 0.265 e. The van der Waals surface area contributed by atoms with Gasteiger partial charge in [0.2, 0.25) is 0 Å². The Labute approximate surface area is 114 Å². The average Bonchev–Trinajstić information content (AvgIpc) is 2.31. The number of fused-ring (bicyclic) bond motifs is 1. The van der Waals surface area contributed by atoms with Crippen LogP contribution in [-0.2, 0) is 9.59 Å². The van der Waals surface area contributed by atoms with Gasteiger partial charge in [0.05, 0.1) is 5.69 Å². The highest BCUT2D eigenvalue weighted by Crippen LogP contribution is 2.34. The minimum atomic E-state index is -0.0656. The van der Waals surface area contributed by atoms with Gasteiger partial charge in [-0.1, -0.05) is 15.9 Å². The molecule has 0 saturated carbocycles. The summed E-state index contributed by atoms with van der Waals surface area (Å²) < 4.78 is 6.27. The molecule has 2 rings (SSSR count). The van der Waals surface area contributed by atoms with E-state index < -0.39 is 0 Å². The Balaban J connectivity index is 2.16. The first-order chi connectivity index (χ1) is 8.58. The van der Waals surface area contributed by atoms with Crippen LogP contribution in [0.3, 0.4) is 0 Å². The van der Waals surface area contributed by atoms with Crippen molar-refractivity contribution in [3.8, 4) is 5.75 Å². The first-order valence-corrected chi connectivity index (χ1v) is 6.59. The molecule has 0 fully saturated rings. The predicted octanol–water partition coefficient (Wildman–Crippen LogP) is 2.54.